The number of hydrogen-bond acceptors (Lipinski definition) is 1. The van der Waals surface area contributed by atoms with E-state index in [0.29, 0.717) is 4.59 Å². The molecule has 0 fully saturated rings. The van der Waals surface area contributed by atoms with Gasteiger partial charge in [0.25, 0.3) is 7.98 Å². The third kappa shape index (κ3) is 1.94. The number of aromatic nitrogens is 2. The summed E-state index contributed by atoms with van der Waals surface area (Å²) in [5, 5.41) is 3.32. The van der Waals surface area contributed by atoms with Gasteiger partial charge in [0.2, 0.25) is 0 Å². The van der Waals surface area contributed by atoms with Crippen molar-refractivity contribution >= 4 is 14.1 Å². The number of hydrogen-bond donors (Lipinski definition) is 0. The summed E-state index contributed by atoms with van der Waals surface area (Å²) in [5.74, 6) is 0. The SMILES string of the molecule is [B]n1ncc(/C=C\C)c1C(F)(F)F. The zero-order chi connectivity index (χ0) is 10.1. The second-order valence-electron chi connectivity index (χ2n) is 2.39. The van der Waals surface area contributed by atoms with Gasteiger partial charge in [-0.1, -0.05) is 12.2 Å². The van der Waals surface area contributed by atoms with E-state index in [1.54, 1.807) is 6.92 Å². The first-order valence-electron chi connectivity index (χ1n) is 3.49. The van der Waals surface area contributed by atoms with Crippen molar-refractivity contribution in [1.29, 1.82) is 0 Å². The Morgan fingerprint density at radius 3 is 2.62 bits per heavy atom. The summed E-state index contributed by atoms with van der Waals surface area (Å²) in [4.78, 5) is 0. The Hall–Kier alpha value is -1.20. The van der Waals surface area contributed by atoms with Gasteiger partial charge in [0, 0.05) is 5.56 Å². The zero-order valence-electron chi connectivity index (χ0n) is 6.84. The van der Waals surface area contributed by atoms with E-state index >= 15 is 0 Å². The van der Waals surface area contributed by atoms with Gasteiger partial charge >= 0.3 is 6.18 Å². The summed E-state index contributed by atoms with van der Waals surface area (Å²) in [6, 6.07) is 0. The minimum atomic E-state index is -4.47. The molecule has 1 aromatic rings. The highest BCUT2D eigenvalue weighted by atomic mass is 19.4. The average Bonchev–Trinajstić information content (AvgIpc) is 2.31. The molecule has 0 aliphatic carbocycles. The molecule has 2 nitrogen and oxygen atoms in total. The minimum absolute atomic E-state index is 0.0301. The standard InChI is InChI=1S/C7H6BF3N2/c1-2-3-5-4-12-13(8)6(5)7(9,10)11/h2-4H,1H3/b3-2-. The molecule has 1 aromatic heterocycles. The Kier molecular flexibility index (Phi) is 2.49. The summed E-state index contributed by atoms with van der Waals surface area (Å²) in [5.41, 5.74) is -0.969. The van der Waals surface area contributed by atoms with Crippen LogP contribution in [0.15, 0.2) is 12.3 Å². The molecule has 0 aromatic carbocycles. The van der Waals surface area contributed by atoms with Crippen LogP contribution in [0.3, 0.4) is 0 Å². The molecule has 0 N–H and O–H groups in total. The summed E-state index contributed by atoms with van der Waals surface area (Å²) >= 11 is 0. The Morgan fingerprint density at radius 1 is 1.54 bits per heavy atom. The predicted octanol–water partition coefficient (Wildman–Crippen LogP) is 1.87. The number of halogens is 3. The quantitative estimate of drug-likeness (QED) is 0.612. The van der Waals surface area contributed by atoms with Crippen LogP contribution in [0.2, 0.25) is 0 Å². The summed E-state index contributed by atoms with van der Waals surface area (Å²) < 4.78 is 37.2. The van der Waals surface area contributed by atoms with Crippen molar-refractivity contribution in [3.8, 4) is 0 Å². The maximum Gasteiger partial charge on any atom is 0.432 e. The molecule has 0 atom stereocenters. The molecule has 0 saturated heterocycles. The lowest BCUT2D eigenvalue weighted by Gasteiger charge is -2.07. The maximum atomic E-state index is 12.3. The van der Waals surface area contributed by atoms with Gasteiger partial charge in [-0.2, -0.15) is 18.3 Å². The molecule has 0 aliphatic heterocycles. The lowest BCUT2D eigenvalue weighted by molar-refractivity contribution is -0.142. The lowest BCUT2D eigenvalue weighted by atomic mass is 10.2. The Balaban J connectivity index is 3.24. The second-order valence-corrected chi connectivity index (χ2v) is 2.39. The first kappa shape index (κ1) is 9.89. The Labute approximate surface area is 74.5 Å². The predicted molar refractivity (Wildman–Crippen MR) is 43.1 cm³/mol. The van der Waals surface area contributed by atoms with E-state index in [4.69, 9.17) is 7.98 Å². The van der Waals surface area contributed by atoms with E-state index in [0.717, 1.165) is 6.20 Å². The fourth-order valence-electron chi connectivity index (χ4n) is 0.971. The van der Waals surface area contributed by atoms with Crippen molar-refractivity contribution in [2.24, 2.45) is 0 Å². The van der Waals surface area contributed by atoms with Gasteiger partial charge in [-0.05, 0) is 6.92 Å². The smallest absolute Gasteiger partial charge is 0.320 e. The van der Waals surface area contributed by atoms with Crippen LogP contribution in [-0.2, 0) is 6.18 Å². The fourth-order valence-corrected chi connectivity index (χ4v) is 0.971. The number of allylic oxidation sites excluding steroid dienone is 1. The van der Waals surface area contributed by atoms with Crippen molar-refractivity contribution in [3.63, 3.8) is 0 Å². The normalized spacial score (nSPS) is 12.6. The van der Waals surface area contributed by atoms with E-state index in [2.05, 4.69) is 5.10 Å². The first-order valence-corrected chi connectivity index (χ1v) is 3.49. The van der Waals surface area contributed by atoms with E-state index in [1.165, 1.54) is 12.2 Å². The van der Waals surface area contributed by atoms with E-state index in [9.17, 15) is 13.2 Å². The molecule has 0 spiro atoms. The van der Waals surface area contributed by atoms with Crippen LogP contribution in [0.4, 0.5) is 13.2 Å². The van der Waals surface area contributed by atoms with Crippen molar-refractivity contribution in [2.75, 3.05) is 0 Å². The van der Waals surface area contributed by atoms with Crippen LogP contribution in [-0.4, -0.2) is 17.7 Å². The third-order valence-corrected chi connectivity index (χ3v) is 1.44. The van der Waals surface area contributed by atoms with E-state index in [1.807, 2.05) is 0 Å². The number of rotatable bonds is 1. The van der Waals surface area contributed by atoms with Crippen LogP contribution >= 0.6 is 0 Å². The van der Waals surface area contributed by atoms with E-state index < -0.39 is 11.9 Å². The van der Waals surface area contributed by atoms with Gasteiger partial charge < -0.3 is 4.59 Å². The minimum Gasteiger partial charge on any atom is -0.320 e. The summed E-state index contributed by atoms with van der Waals surface area (Å²) in [6.45, 7) is 1.62. The molecule has 0 bridgehead atoms. The molecule has 0 saturated carbocycles. The molecule has 0 unspecified atom stereocenters. The summed E-state index contributed by atoms with van der Waals surface area (Å²) in [7, 11) is 5.01. The van der Waals surface area contributed by atoms with Gasteiger partial charge in [-0.15, -0.1) is 0 Å². The Morgan fingerprint density at radius 2 is 2.15 bits per heavy atom. The molecule has 6 heteroatoms. The first-order chi connectivity index (χ1) is 5.96. The third-order valence-electron chi connectivity index (χ3n) is 1.44. The summed E-state index contributed by atoms with van der Waals surface area (Å²) in [6.07, 6.45) is -0.603. The van der Waals surface area contributed by atoms with Crippen molar-refractivity contribution < 1.29 is 13.2 Å². The largest absolute Gasteiger partial charge is 0.432 e. The average molecular weight is 186 g/mol. The Bertz CT molecular complexity index is 327. The molecular weight excluding hydrogens is 180 g/mol. The molecule has 13 heavy (non-hydrogen) atoms. The van der Waals surface area contributed by atoms with Gasteiger partial charge in [0.05, 0.1) is 6.20 Å². The van der Waals surface area contributed by atoms with Crippen molar-refractivity contribution in [1.82, 2.24) is 9.69 Å². The molecule has 2 radical (unpaired) electrons. The lowest BCUT2D eigenvalue weighted by Crippen LogP contribution is -2.14. The van der Waals surface area contributed by atoms with Gasteiger partial charge in [0.15, 0.2) is 0 Å². The van der Waals surface area contributed by atoms with Crippen LogP contribution in [0, 0.1) is 0 Å². The van der Waals surface area contributed by atoms with E-state index in [-0.39, 0.29) is 5.56 Å². The number of nitrogens with zero attached hydrogens (tertiary/aromatic N) is 2. The topological polar surface area (TPSA) is 17.8 Å². The van der Waals surface area contributed by atoms with Gasteiger partial charge in [-0.25, -0.2) is 0 Å². The van der Waals surface area contributed by atoms with Crippen LogP contribution in [0.1, 0.15) is 18.2 Å². The molecule has 1 heterocycles. The fraction of sp³-hybridized carbons (Fsp3) is 0.286. The highest BCUT2D eigenvalue weighted by Gasteiger charge is 2.36. The molecular formula is C7H6BF3N2. The van der Waals surface area contributed by atoms with Crippen LogP contribution < -0.4 is 0 Å². The van der Waals surface area contributed by atoms with Crippen molar-refractivity contribution in [3.05, 3.63) is 23.5 Å². The highest BCUT2D eigenvalue weighted by molar-refractivity contribution is 6.06. The van der Waals surface area contributed by atoms with Crippen LogP contribution in [0.5, 0.6) is 0 Å². The zero-order valence-corrected chi connectivity index (χ0v) is 6.84. The van der Waals surface area contributed by atoms with Gasteiger partial charge in [0.1, 0.15) is 5.69 Å². The maximum absolute atomic E-state index is 12.3. The van der Waals surface area contributed by atoms with Gasteiger partial charge in [-0.3, -0.25) is 0 Å². The number of alkyl halides is 3. The molecule has 0 amide bonds. The van der Waals surface area contributed by atoms with Crippen molar-refractivity contribution in [2.45, 2.75) is 13.1 Å². The highest BCUT2D eigenvalue weighted by Crippen LogP contribution is 2.31. The second kappa shape index (κ2) is 3.28. The van der Waals surface area contributed by atoms with Crippen LogP contribution in [0.25, 0.3) is 6.08 Å². The molecule has 0 aliphatic rings. The monoisotopic (exact) mass is 186 g/mol. The molecule has 1 rings (SSSR count). The molecule has 68 valence electrons.